The molecule has 0 aliphatic carbocycles. The smallest absolute Gasteiger partial charge is 0.239 e. The van der Waals surface area contributed by atoms with Gasteiger partial charge in [0.25, 0.3) is 0 Å². The molecule has 0 saturated carbocycles. The average Bonchev–Trinajstić information content (AvgIpc) is 2.53. The van der Waals surface area contributed by atoms with E-state index in [-0.39, 0.29) is 11.9 Å². The fraction of sp³-hybridized carbons (Fsp3) is 0.611. The number of carbonyl (C=O) groups is 1. The van der Waals surface area contributed by atoms with E-state index < -0.39 is 0 Å². The summed E-state index contributed by atoms with van der Waals surface area (Å²) in [5.41, 5.74) is 7.35. The Kier molecular flexibility index (Phi) is 5.80. The lowest BCUT2D eigenvalue weighted by atomic mass is 9.86. The minimum atomic E-state index is -0.360. The minimum Gasteiger partial charge on any atom is -0.341 e. The van der Waals surface area contributed by atoms with Crippen LogP contribution >= 0.6 is 0 Å². The molecule has 1 heterocycles. The Balaban J connectivity index is 1.78. The number of hydrogen-bond acceptors (Lipinski definition) is 2. The van der Waals surface area contributed by atoms with Crippen molar-refractivity contribution in [2.45, 2.75) is 45.6 Å². The fourth-order valence-electron chi connectivity index (χ4n) is 3.11. The molecule has 0 bridgehead atoms. The monoisotopic (exact) mass is 288 g/mol. The third-order valence-electron chi connectivity index (χ3n) is 4.70. The molecule has 0 unspecified atom stereocenters. The number of hydrogen-bond donors (Lipinski definition) is 1. The number of rotatable bonds is 5. The summed E-state index contributed by atoms with van der Waals surface area (Å²) in [5, 5.41) is 0. The SMILES string of the molecule is CC(C)C1CCN(C(=O)[C@@H](N)CCc2ccccc2)CC1. The Labute approximate surface area is 128 Å². The quantitative estimate of drug-likeness (QED) is 0.905. The lowest BCUT2D eigenvalue weighted by Crippen LogP contribution is -2.47. The van der Waals surface area contributed by atoms with Gasteiger partial charge in [-0.15, -0.1) is 0 Å². The third-order valence-corrected chi connectivity index (χ3v) is 4.70. The molecule has 2 N–H and O–H groups in total. The van der Waals surface area contributed by atoms with E-state index in [0.717, 1.165) is 44.7 Å². The molecule has 1 aliphatic rings. The van der Waals surface area contributed by atoms with E-state index in [2.05, 4.69) is 26.0 Å². The van der Waals surface area contributed by atoms with Crippen molar-refractivity contribution in [3.63, 3.8) is 0 Å². The largest absolute Gasteiger partial charge is 0.341 e. The first-order valence-electron chi connectivity index (χ1n) is 8.16. The van der Waals surface area contributed by atoms with E-state index in [4.69, 9.17) is 5.73 Å². The molecule has 1 fully saturated rings. The number of likely N-dealkylation sites (tertiary alicyclic amines) is 1. The first-order valence-corrected chi connectivity index (χ1v) is 8.16. The molecule has 116 valence electrons. The van der Waals surface area contributed by atoms with Crippen LogP contribution in [-0.4, -0.2) is 29.9 Å². The van der Waals surface area contributed by atoms with Crippen molar-refractivity contribution in [3.8, 4) is 0 Å². The highest BCUT2D eigenvalue weighted by molar-refractivity contribution is 5.81. The van der Waals surface area contributed by atoms with Crippen LogP contribution < -0.4 is 5.73 Å². The molecule has 1 aromatic rings. The molecule has 21 heavy (non-hydrogen) atoms. The van der Waals surface area contributed by atoms with E-state index in [1.165, 1.54) is 5.56 Å². The van der Waals surface area contributed by atoms with Crippen LogP contribution in [0, 0.1) is 11.8 Å². The second kappa shape index (κ2) is 7.60. The van der Waals surface area contributed by atoms with Gasteiger partial charge in [-0.25, -0.2) is 0 Å². The molecule has 1 saturated heterocycles. The molecular formula is C18H28N2O. The van der Waals surface area contributed by atoms with Gasteiger partial charge in [0.15, 0.2) is 0 Å². The highest BCUT2D eigenvalue weighted by Crippen LogP contribution is 2.24. The summed E-state index contributed by atoms with van der Waals surface area (Å²) >= 11 is 0. The van der Waals surface area contributed by atoms with Gasteiger partial charge >= 0.3 is 0 Å². The summed E-state index contributed by atoms with van der Waals surface area (Å²) in [4.78, 5) is 14.4. The summed E-state index contributed by atoms with van der Waals surface area (Å²) in [6, 6.07) is 9.88. The highest BCUT2D eigenvalue weighted by atomic mass is 16.2. The van der Waals surface area contributed by atoms with Crippen LogP contribution in [0.25, 0.3) is 0 Å². The number of carbonyl (C=O) groups excluding carboxylic acids is 1. The predicted molar refractivity (Wildman–Crippen MR) is 86.9 cm³/mol. The van der Waals surface area contributed by atoms with Crippen molar-refractivity contribution in [2.75, 3.05) is 13.1 Å². The molecule has 1 atom stereocenters. The van der Waals surface area contributed by atoms with Crippen LogP contribution in [0.3, 0.4) is 0 Å². The van der Waals surface area contributed by atoms with Crippen molar-refractivity contribution in [1.29, 1.82) is 0 Å². The number of benzene rings is 1. The first-order chi connectivity index (χ1) is 10.1. The molecule has 0 spiro atoms. The van der Waals surface area contributed by atoms with Crippen LogP contribution in [0.5, 0.6) is 0 Å². The van der Waals surface area contributed by atoms with Gasteiger partial charge in [0, 0.05) is 13.1 Å². The number of aryl methyl sites for hydroxylation is 1. The molecule has 3 heteroatoms. The number of nitrogens with two attached hydrogens (primary N) is 1. The lowest BCUT2D eigenvalue weighted by molar-refractivity contribution is -0.134. The van der Waals surface area contributed by atoms with E-state index in [1.807, 2.05) is 23.1 Å². The van der Waals surface area contributed by atoms with E-state index in [9.17, 15) is 4.79 Å². The fourth-order valence-corrected chi connectivity index (χ4v) is 3.11. The average molecular weight is 288 g/mol. The molecule has 1 amide bonds. The minimum absolute atomic E-state index is 0.133. The van der Waals surface area contributed by atoms with Crippen molar-refractivity contribution >= 4 is 5.91 Å². The molecule has 1 aliphatic heterocycles. The van der Waals surface area contributed by atoms with Gasteiger partial charge in [-0.2, -0.15) is 0 Å². The molecular weight excluding hydrogens is 260 g/mol. The molecule has 0 radical (unpaired) electrons. The maximum Gasteiger partial charge on any atom is 0.239 e. The van der Waals surface area contributed by atoms with Gasteiger partial charge in [-0.1, -0.05) is 44.2 Å². The lowest BCUT2D eigenvalue weighted by Gasteiger charge is -2.35. The van der Waals surface area contributed by atoms with Gasteiger partial charge in [-0.05, 0) is 43.1 Å². The van der Waals surface area contributed by atoms with Gasteiger partial charge in [0.2, 0.25) is 5.91 Å². The standard InChI is InChI=1S/C18H28N2O/c1-14(2)16-10-12-20(13-11-16)18(21)17(19)9-8-15-6-4-3-5-7-15/h3-7,14,16-17H,8-13,19H2,1-2H3/t17-/m0/s1. The van der Waals surface area contributed by atoms with Crippen molar-refractivity contribution in [1.82, 2.24) is 4.90 Å². The molecule has 1 aromatic carbocycles. The number of piperidine rings is 1. The zero-order chi connectivity index (χ0) is 15.2. The zero-order valence-electron chi connectivity index (χ0n) is 13.3. The van der Waals surface area contributed by atoms with E-state index >= 15 is 0 Å². The van der Waals surface area contributed by atoms with Crippen molar-refractivity contribution in [2.24, 2.45) is 17.6 Å². The Morgan fingerprint density at radius 2 is 1.86 bits per heavy atom. The summed E-state index contributed by atoms with van der Waals surface area (Å²) in [6.07, 6.45) is 3.84. The summed E-state index contributed by atoms with van der Waals surface area (Å²) < 4.78 is 0. The maximum absolute atomic E-state index is 12.4. The Hall–Kier alpha value is -1.35. The second-order valence-electron chi connectivity index (χ2n) is 6.54. The Bertz CT molecular complexity index is 436. The van der Waals surface area contributed by atoms with Gasteiger partial charge in [0.1, 0.15) is 0 Å². The predicted octanol–water partition coefficient (Wildman–Crippen LogP) is 2.84. The molecule has 0 aromatic heterocycles. The summed E-state index contributed by atoms with van der Waals surface area (Å²) in [5.74, 6) is 1.61. The number of amides is 1. The molecule has 3 nitrogen and oxygen atoms in total. The van der Waals surface area contributed by atoms with Gasteiger partial charge in [0.05, 0.1) is 6.04 Å². The van der Waals surface area contributed by atoms with E-state index in [0.29, 0.717) is 5.92 Å². The van der Waals surface area contributed by atoms with Crippen LogP contribution in [0.4, 0.5) is 0 Å². The summed E-state index contributed by atoms with van der Waals surface area (Å²) in [7, 11) is 0. The zero-order valence-corrected chi connectivity index (χ0v) is 13.3. The topological polar surface area (TPSA) is 46.3 Å². The van der Waals surface area contributed by atoms with Gasteiger partial charge < -0.3 is 10.6 Å². The molecule has 2 rings (SSSR count). The highest BCUT2D eigenvalue weighted by Gasteiger charge is 2.27. The van der Waals surface area contributed by atoms with Crippen LogP contribution in [0.2, 0.25) is 0 Å². The van der Waals surface area contributed by atoms with Crippen molar-refractivity contribution < 1.29 is 4.79 Å². The van der Waals surface area contributed by atoms with Crippen LogP contribution in [-0.2, 0) is 11.2 Å². The summed E-state index contributed by atoms with van der Waals surface area (Å²) in [6.45, 7) is 6.29. The first kappa shape index (κ1) is 16.0. The third kappa shape index (κ3) is 4.57. The van der Waals surface area contributed by atoms with Crippen LogP contribution in [0.1, 0.15) is 38.7 Å². The number of nitrogens with zero attached hydrogens (tertiary/aromatic N) is 1. The Morgan fingerprint density at radius 3 is 2.43 bits per heavy atom. The van der Waals surface area contributed by atoms with Crippen LogP contribution in [0.15, 0.2) is 30.3 Å². The van der Waals surface area contributed by atoms with Gasteiger partial charge in [-0.3, -0.25) is 4.79 Å². The Morgan fingerprint density at radius 1 is 1.24 bits per heavy atom. The maximum atomic E-state index is 12.4. The van der Waals surface area contributed by atoms with Crippen molar-refractivity contribution in [3.05, 3.63) is 35.9 Å². The second-order valence-corrected chi connectivity index (χ2v) is 6.54. The van der Waals surface area contributed by atoms with E-state index in [1.54, 1.807) is 0 Å². The normalized spacial score (nSPS) is 18.0.